The van der Waals surface area contributed by atoms with Crippen LogP contribution in [0.4, 0.5) is 5.69 Å². The normalized spacial score (nSPS) is 11.6. The Hall–Kier alpha value is -1.69. The number of carboxylic acids is 1. The van der Waals surface area contributed by atoms with Gasteiger partial charge >= 0.3 is 5.97 Å². The van der Waals surface area contributed by atoms with Gasteiger partial charge in [0.25, 0.3) is 0 Å². The van der Waals surface area contributed by atoms with Crippen LogP contribution in [-0.4, -0.2) is 41.6 Å². The molecule has 3 N–H and O–H groups in total. The number of nitrogens with one attached hydrogen (secondary N) is 2. The van der Waals surface area contributed by atoms with Crippen molar-refractivity contribution in [3.8, 4) is 0 Å². The van der Waals surface area contributed by atoms with Crippen LogP contribution >= 0.6 is 11.8 Å². The van der Waals surface area contributed by atoms with Gasteiger partial charge in [-0.15, -0.1) is 0 Å². The summed E-state index contributed by atoms with van der Waals surface area (Å²) in [5.74, 6) is -0.622. The van der Waals surface area contributed by atoms with Crippen molar-refractivity contribution in [2.45, 2.75) is 12.5 Å². The predicted molar refractivity (Wildman–Crippen MR) is 77.5 cm³/mol. The van der Waals surface area contributed by atoms with Gasteiger partial charge < -0.3 is 15.7 Å². The summed E-state index contributed by atoms with van der Waals surface area (Å²) >= 11 is 1.55. The van der Waals surface area contributed by atoms with E-state index in [1.807, 2.05) is 36.6 Å². The van der Waals surface area contributed by atoms with Crippen molar-refractivity contribution >= 4 is 29.3 Å². The number of anilines is 1. The molecule has 1 unspecified atom stereocenters. The van der Waals surface area contributed by atoms with E-state index in [0.29, 0.717) is 12.2 Å². The highest BCUT2D eigenvalue weighted by Gasteiger charge is 2.18. The second kappa shape index (κ2) is 8.42. The van der Waals surface area contributed by atoms with Gasteiger partial charge in [-0.25, -0.2) is 4.79 Å². The standard InChI is InChI=1S/C13H18N2O3S/c1-19-8-7-11(13(17)18)15-12(16)9-14-10-5-3-2-4-6-10/h2-6,11,14H,7-9H2,1H3,(H,15,16)(H,17,18). The summed E-state index contributed by atoms with van der Waals surface area (Å²) in [6.45, 7) is 0.0626. The lowest BCUT2D eigenvalue weighted by molar-refractivity contribution is -0.141. The number of aliphatic carboxylic acids is 1. The van der Waals surface area contributed by atoms with E-state index in [9.17, 15) is 9.59 Å². The molecule has 0 aliphatic carbocycles. The number of hydrogen-bond donors (Lipinski definition) is 3. The van der Waals surface area contributed by atoms with Crippen molar-refractivity contribution in [3.05, 3.63) is 30.3 Å². The van der Waals surface area contributed by atoms with Crippen LogP contribution < -0.4 is 10.6 Å². The number of carbonyl (C=O) groups excluding carboxylic acids is 1. The summed E-state index contributed by atoms with van der Waals surface area (Å²) in [6.07, 6.45) is 2.32. The first kappa shape index (κ1) is 15.4. The SMILES string of the molecule is CSCCC(NC(=O)CNc1ccccc1)C(=O)O. The molecule has 19 heavy (non-hydrogen) atoms. The summed E-state index contributed by atoms with van der Waals surface area (Å²) in [4.78, 5) is 22.6. The number of hydrogen-bond acceptors (Lipinski definition) is 4. The van der Waals surface area contributed by atoms with Crippen molar-refractivity contribution in [1.29, 1.82) is 0 Å². The van der Waals surface area contributed by atoms with E-state index in [2.05, 4.69) is 10.6 Å². The molecule has 0 aromatic heterocycles. The van der Waals surface area contributed by atoms with Crippen LogP contribution in [0.5, 0.6) is 0 Å². The molecule has 1 atom stereocenters. The largest absolute Gasteiger partial charge is 0.480 e. The molecule has 1 rings (SSSR count). The van der Waals surface area contributed by atoms with Gasteiger partial charge in [-0.1, -0.05) is 18.2 Å². The van der Waals surface area contributed by atoms with Crippen LogP contribution in [-0.2, 0) is 9.59 Å². The lowest BCUT2D eigenvalue weighted by atomic mass is 10.2. The Morgan fingerprint density at radius 3 is 2.58 bits per heavy atom. The molecule has 104 valence electrons. The maximum Gasteiger partial charge on any atom is 0.326 e. The van der Waals surface area contributed by atoms with Crippen LogP contribution in [0.25, 0.3) is 0 Å². The van der Waals surface area contributed by atoms with E-state index in [1.54, 1.807) is 11.8 Å². The minimum absolute atomic E-state index is 0.0626. The van der Waals surface area contributed by atoms with Crippen LogP contribution in [0.2, 0.25) is 0 Å². The molecule has 6 heteroatoms. The third-order valence-corrected chi connectivity index (χ3v) is 3.11. The van der Waals surface area contributed by atoms with Gasteiger partial charge in [-0.2, -0.15) is 11.8 Å². The minimum atomic E-state index is -0.998. The molecule has 0 aliphatic heterocycles. The molecule has 0 heterocycles. The lowest BCUT2D eigenvalue weighted by Crippen LogP contribution is -2.43. The van der Waals surface area contributed by atoms with Gasteiger partial charge in [0.2, 0.25) is 5.91 Å². The van der Waals surface area contributed by atoms with E-state index < -0.39 is 12.0 Å². The summed E-state index contributed by atoms with van der Waals surface area (Å²) < 4.78 is 0. The fourth-order valence-corrected chi connectivity index (χ4v) is 1.95. The molecular formula is C13H18N2O3S. The zero-order valence-corrected chi connectivity index (χ0v) is 11.6. The lowest BCUT2D eigenvalue weighted by Gasteiger charge is -2.14. The first-order valence-electron chi connectivity index (χ1n) is 5.93. The molecule has 1 amide bonds. The van der Waals surface area contributed by atoms with E-state index in [1.165, 1.54) is 0 Å². The predicted octanol–water partition coefficient (Wildman–Crippen LogP) is 1.42. The van der Waals surface area contributed by atoms with Crippen LogP contribution in [0.1, 0.15) is 6.42 Å². The summed E-state index contributed by atoms with van der Waals surface area (Å²) in [6, 6.07) is 8.47. The third-order valence-electron chi connectivity index (χ3n) is 2.47. The van der Waals surface area contributed by atoms with Gasteiger partial charge in [-0.05, 0) is 30.6 Å². The number of amides is 1. The maximum absolute atomic E-state index is 11.7. The molecule has 5 nitrogen and oxygen atoms in total. The molecule has 0 bridgehead atoms. The molecule has 0 saturated heterocycles. The van der Waals surface area contributed by atoms with Gasteiger partial charge in [-0.3, -0.25) is 4.79 Å². The minimum Gasteiger partial charge on any atom is -0.480 e. The maximum atomic E-state index is 11.7. The highest BCUT2D eigenvalue weighted by atomic mass is 32.2. The van der Waals surface area contributed by atoms with Crippen molar-refractivity contribution in [2.24, 2.45) is 0 Å². The average Bonchev–Trinajstić information content (AvgIpc) is 2.42. The van der Waals surface area contributed by atoms with Crippen LogP contribution in [0.3, 0.4) is 0 Å². The van der Waals surface area contributed by atoms with E-state index in [-0.39, 0.29) is 12.5 Å². The first-order valence-corrected chi connectivity index (χ1v) is 7.33. The van der Waals surface area contributed by atoms with Crippen molar-refractivity contribution in [3.63, 3.8) is 0 Å². The highest BCUT2D eigenvalue weighted by Crippen LogP contribution is 2.04. The van der Waals surface area contributed by atoms with Crippen LogP contribution in [0.15, 0.2) is 30.3 Å². The molecule has 1 aromatic carbocycles. The molecule has 1 aromatic rings. The van der Waals surface area contributed by atoms with Gasteiger partial charge in [0.05, 0.1) is 6.54 Å². The Kier molecular flexibility index (Phi) is 6.81. The van der Waals surface area contributed by atoms with E-state index in [4.69, 9.17) is 5.11 Å². The molecule has 0 saturated carbocycles. The monoisotopic (exact) mass is 282 g/mol. The van der Waals surface area contributed by atoms with Crippen molar-refractivity contribution in [2.75, 3.05) is 23.9 Å². The summed E-state index contributed by atoms with van der Waals surface area (Å²) in [5, 5.41) is 14.4. The molecule has 0 fully saturated rings. The Morgan fingerprint density at radius 1 is 1.32 bits per heavy atom. The third kappa shape index (κ3) is 6.15. The smallest absolute Gasteiger partial charge is 0.326 e. The number of carbonyl (C=O) groups is 2. The Bertz CT molecular complexity index is 412. The molecule has 0 spiro atoms. The van der Waals surface area contributed by atoms with Crippen molar-refractivity contribution in [1.82, 2.24) is 5.32 Å². The second-order valence-corrected chi connectivity index (χ2v) is 4.94. The van der Waals surface area contributed by atoms with Gasteiger partial charge in [0.1, 0.15) is 6.04 Å². The number of carboxylic acid groups (broad SMARTS) is 1. The molecule has 0 aliphatic rings. The Labute approximate surface area is 116 Å². The van der Waals surface area contributed by atoms with E-state index in [0.717, 1.165) is 5.69 Å². The number of rotatable bonds is 8. The fourth-order valence-electron chi connectivity index (χ4n) is 1.48. The average molecular weight is 282 g/mol. The van der Waals surface area contributed by atoms with Crippen LogP contribution in [0, 0.1) is 0 Å². The summed E-state index contributed by atoms with van der Waals surface area (Å²) in [5.41, 5.74) is 0.827. The number of benzene rings is 1. The van der Waals surface area contributed by atoms with E-state index >= 15 is 0 Å². The quantitative estimate of drug-likeness (QED) is 0.672. The van der Waals surface area contributed by atoms with Gasteiger partial charge in [0.15, 0.2) is 0 Å². The number of thioether (sulfide) groups is 1. The topological polar surface area (TPSA) is 78.4 Å². The second-order valence-electron chi connectivity index (χ2n) is 3.96. The molecular weight excluding hydrogens is 264 g/mol. The zero-order valence-electron chi connectivity index (χ0n) is 10.8. The fraction of sp³-hybridized carbons (Fsp3) is 0.385. The highest BCUT2D eigenvalue weighted by molar-refractivity contribution is 7.98. The Balaban J connectivity index is 2.38. The van der Waals surface area contributed by atoms with Crippen molar-refractivity contribution < 1.29 is 14.7 Å². The molecule has 0 radical (unpaired) electrons. The zero-order chi connectivity index (χ0) is 14.1. The Morgan fingerprint density at radius 2 is 2.00 bits per heavy atom. The first-order chi connectivity index (χ1) is 9.13. The van der Waals surface area contributed by atoms with Gasteiger partial charge in [0, 0.05) is 5.69 Å². The summed E-state index contributed by atoms with van der Waals surface area (Å²) in [7, 11) is 0. The number of para-hydroxylation sites is 1.